The molecule has 26 heavy (non-hydrogen) atoms. The van der Waals surface area contributed by atoms with Crippen molar-refractivity contribution < 1.29 is 23.5 Å². The zero-order valence-corrected chi connectivity index (χ0v) is 14.6. The van der Waals surface area contributed by atoms with Crippen molar-refractivity contribution >= 4 is 39.5 Å². The number of esters is 1. The molecule has 6 nitrogen and oxygen atoms in total. The normalized spacial score (nSPS) is 15.0. The second-order valence-corrected chi connectivity index (χ2v) is 6.49. The molecule has 2 aromatic carbocycles. The van der Waals surface area contributed by atoms with Crippen LogP contribution in [0.3, 0.4) is 0 Å². The van der Waals surface area contributed by atoms with Crippen LogP contribution in [-0.2, 0) is 14.3 Å². The number of benzene rings is 2. The summed E-state index contributed by atoms with van der Waals surface area (Å²) in [6, 6.07) is 11.3. The van der Waals surface area contributed by atoms with Crippen molar-refractivity contribution in [3.63, 3.8) is 0 Å². The molecule has 1 saturated carbocycles. The van der Waals surface area contributed by atoms with Gasteiger partial charge in [-0.3, -0.25) is 9.59 Å². The van der Waals surface area contributed by atoms with Crippen LogP contribution in [0.25, 0.3) is 21.9 Å². The fourth-order valence-corrected chi connectivity index (χ4v) is 2.90. The maximum atomic E-state index is 12.4. The number of para-hydroxylation sites is 1. The zero-order chi connectivity index (χ0) is 18.3. The van der Waals surface area contributed by atoms with E-state index in [1.165, 1.54) is 7.11 Å². The number of hydrogen-bond donors (Lipinski definition) is 1. The highest BCUT2D eigenvalue weighted by molar-refractivity contribution is 6.08. The molecule has 1 aromatic heterocycles. The first-order chi connectivity index (χ1) is 12.6. The van der Waals surface area contributed by atoms with E-state index in [0.717, 1.165) is 29.2 Å². The Bertz CT molecular complexity index is 1000. The number of hydrogen-bond acceptors (Lipinski definition) is 5. The lowest BCUT2D eigenvalue weighted by Crippen LogP contribution is -2.30. The Kier molecular flexibility index (Phi) is 4.03. The largest absolute Gasteiger partial charge is 0.495 e. The van der Waals surface area contributed by atoms with Gasteiger partial charge in [0.25, 0.3) is 5.91 Å². The van der Waals surface area contributed by atoms with Crippen LogP contribution < -0.4 is 10.1 Å². The quantitative estimate of drug-likeness (QED) is 0.705. The van der Waals surface area contributed by atoms with Gasteiger partial charge in [-0.15, -0.1) is 0 Å². The zero-order valence-electron chi connectivity index (χ0n) is 14.6. The number of furan rings is 1. The maximum absolute atomic E-state index is 12.4. The van der Waals surface area contributed by atoms with Crippen molar-refractivity contribution in [1.82, 2.24) is 0 Å². The van der Waals surface area contributed by atoms with E-state index in [1.807, 2.05) is 30.3 Å². The second kappa shape index (κ2) is 6.37. The van der Waals surface area contributed by atoms with Crippen molar-refractivity contribution in [2.24, 2.45) is 5.92 Å². The summed E-state index contributed by atoms with van der Waals surface area (Å²) < 4.78 is 16.5. The van der Waals surface area contributed by atoms with Gasteiger partial charge in [-0.1, -0.05) is 18.2 Å². The van der Waals surface area contributed by atoms with Gasteiger partial charge in [0.05, 0.1) is 18.7 Å². The highest BCUT2D eigenvalue weighted by Crippen LogP contribution is 2.36. The van der Waals surface area contributed by atoms with E-state index in [2.05, 4.69) is 5.32 Å². The van der Waals surface area contributed by atoms with Crippen molar-refractivity contribution in [1.29, 1.82) is 0 Å². The van der Waals surface area contributed by atoms with Crippen molar-refractivity contribution in [2.75, 3.05) is 12.4 Å². The minimum atomic E-state index is -0.876. The Morgan fingerprint density at radius 2 is 1.92 bits per heavy atom. The van der Waals surface area contributed by atoms with Gasteiger partial charge in [-0.2, -0.15) is 0 Å². The summed E-state index contributed by atoms with van der Waals surface area (Å²) in [7, 11) is 1.54. The van der Waals surface area contributed by atoms with Crippen molar-refractivity contribution in [3.8, 4) is 5.75 Å². The van der Waals surface area contributed by atoms with Gasteiger partial charge in [-0.25, -0.2) is 0 Å². The summed E-state index contributed by atoms with van der Waals surface area (Å²) in [4.78, 5) is 24.1. The van der Waals surface area contributed by atoms with Gasteiger partial charge in [0.15, 0.2) is 6.10 Å². The van der Waals surface area contributed by atoms with Crippen LogP contribution in [0, 0.1) is 5.92 Å². The lowest BCUT2D eigenvalue weighted by Gasteiger charge is -2.15. The highest BCUT2D eigenvalue weighted by Gasteiger charge is 2.33. The third kappa shape index (κ3) is 2.98. The van der Waals surface area contributed by atoms with E-state index < -0.39 is 12.0 Å². The molecule has 134 valence electrons. The number of ether oxygens (including phenoxy) is 2. The van der Waals surface area contributed by atoms with E-state index in [-0.39, 0.29) is 11.9 Å². The SMILES string of the molecule is COc1cc2c(cc1NC(=O)C(C)OC(=O)C1CC1)oc1ccccc12. The molecular formula is C20H19NO5. The monoisotopic (exact) mass is 353 g/mol. The molecule has 1 fully saturated rings. The molecule has 0 spiro atoms. The average Bonchev–Trinajstić information content (AvgIpc) is 3.42. The van der Waals surface area contributed by atoms with Gasteiger partial charge >= 0.3 is 5.97 Å². The van der Waals surface area contributed by atoms with Crippen LogP contribution in [0.4, 0.5) is 5.69 Å². The van der Waals surface area contributed by atoms with Crippen LogP contribution in [0.15, 0.2) is 40.8 Å². The number of amides is 1. The van der Waals surface area contributed by atoms with E-state index in [9.17, 15) is 9.59 Å². The number of methoxy groups -OCH3 is 1. The molecule has 0 saturated heterocycles. The van der Waals surface area contributed by atoms with Gasteiger partial charge < -0.3 is 19.2 Å². The number of carbonyl (C=O) groups excluding carboxylic acids is 2. The van der Waals surface area contributed by atoms with Crippen LogP contribution in [0.5, 0.6) is 5.75 Å². The Hall–Kier alpha value is -3.02. The van der Waals surface area contributed by atoms with Gasteiger partial charge in [0.1, 0.15) is 16.9 Å². The molecule has 1 heterocycles. The third-order valence-electron chi connectivity index (χ3n) is 4.53. The summed E-state index contributed by atoms with van der Waals surface area (Å²) in [5.74, 6) is -0.259. The molecule has 1 unspecified atom stereocenters. The number of nitrogens with one attached hydrogen (secondary N) is 1. The summed E-state index contributed by atoms with van der Waals surface area (Å²) in [6.07, 6.45) is 0.798. The minimum Gasteiger partial charge on any atom is -0.495 e. The molecule has 1 aliphatic rings. The topological polar surface area (TPSA) is 77.8 Å². The predicted molar refractivity (Wildman–Crippen MR) is 97.2 cm³/mol. The third-order valence-corrected chi connectivity index (χ3v) is 4.53. The maximum Gasteiger partial charge on any atom is 0.309 e. The summed E-state index contributed by atoms with van der Waals surface area (Å²) in [5.41, 5.74) is 1.88. The van der Waals surface area contributed by atoms with E-state index >= 15 is 0 Å². The van der Waals surface area contributed by atoms with E-state index in [1.54, 1.807) is 13.0 Å². The smallest absolute Gasteiger partial charge is 0.309 e. The first-order valence-corrected chi connectivity index (χ1v) is 8.57. The first-order valence-electron chi connectivity index (χ1n) is 8.57. The van der Waals surface area contributed by atoms with Gasteiger partial charge in [-0.05, 0) is 31.9 Å². The Morgan fingerprint density at radius 3 is 2.65 bits per heavy atom. The molecule has 0 aliphatic heterocycles. The molecule has 4 rings (SSSR count). The molecule has 1 atom stereocenters. The molecule has 1 amide bonds. The lowest BCUT2D eigenvalue weighted by molar-refractivity contribution is -0.154. The van der Waals surface area contributed by atoms with Gasteiger partial charge in [0.2, 0.25) is 0 Å². The molecule has 1 N–H and O–H groups in total. The Labute approximate surface area is 150 Å². The standard InChI is InChI=1S/C20H19NO5/c1-11(25-20(23)12-7-8-12)19(22)21-15-10-17-14(9-18(15)24-2)13-5-3-4-6-16(13)26-17/h3-6,9-12H,7-8H2,1-2H3,(H,21,22). The average molecular weight is 353 g/mol. The van der Waals surface area contributed by atoms with Crippen LogP contribution >= 0.6 is 0 Å². The lowest BCUT2D eigenvalue weighted by atomic mass is 10.1. The van der Waals surface area contributed by atoms with Crippen LogP contribution in [0.2, 0.25) is 0 Å². The fraction of sp³-hybridized carbons (Fsp3) is 0.300. The van der Waals surface area contributed by atoms with Crippen molar-refractivity contribution in [2.45, 2.75) is 25.9 Å². The highest BCUT2D eigenvalue weighted by atomic mass is 16.5. The molecule has 0 bridgehead atoms. The number of carbonyl (C=O) groups is 2. The molecule has 6 heteroatoms. The summed E-state index contributed by atoms with van der Waals surface area (Å²) in [6.45, 7) is 1.56. The summed E-state index contributed by atoms with van der Waals surface area (Å²) >= 11 is 0. The molecule has 1 aliphatic carbocycles. The van der Waals surface area contributed by atoms with Crippen molar-refractivity contribution in [3.05, 3.63) is 36.4 Å². The van der Waals surface area contributed by atoms with Gasteiger partial charge in [0, 0.05) is 16.8 Å². The van der Waals surface area contributed by atoms with E-state index in [4.69, 9.17) is 13.9 Å². The molecular weight excluding hydrogens is 334 g/mol. The molecule has 0 radical (unpaired) electrons. The Morgan fingerprint density at radius 1 is 1.15 bits per heavy atom. The fourth-order valence-electron chi connectivity index (χ4n) is 2.90. The van der Waals surface area contributed by atoms with Crippen LogP contribution in [0.1, 0.15) is 19.8 Å². The molecule has 3 aromatic rings. The first kappa shape index (κ1) is 16.4. The number of fused-ring (bicyclic) bond motifs is 3. The van der Waals surface area contributed by atoms with E-state index in [0.29, 0.717) is 17.0 Å². The number of rotatable bonds is 5. The minimum absolute atomic E-state index is 0.0494. The Balaban J connectivity index is 1.61. The summed E-state index contributed by atoms with van der Waals surface area (Å²) in [5, 5.41) is 4.64. The predicted octanol–water partition coefficient (Wildman–Crippen LogP) is 3.87. The van der Waals surface area contributed by atoms with Crippen LogP contribution in [-0.4, -0.2) is 25.1 Å². The second-order valence-electron chi connectivity index (χ2n) is 6.49. The number of anilines is 1.